The zero-order valence-electron chi connectivity index (χ0n) is 16.1. The number of fused-ring (bicyclic) bond motifs is 1. The Labute approximate surface area is 164 Å². The number of anilines is 1. The van der Waals surface area contributed by atoms with E-state index >= 15 is 0 Å². The van der Waals surface area contributed by atoms with E-state index in [0.717, 1.165) is 11.1 Å². The number of rotatable bonds is 6. The monoisotopic (exact) mass is 383 g/mol. The molecule has 0 radical (unpaired) electrons. The van der Waals surface area contributed by atoms with Crippen molar-refractivity contribution in [3.63, 3.8) is 0 Å². The van der Waals surface area contributed by atoms with Crippen LogP contribution in [0.5, 0.6) is 5.75 Å². The summed E-state index contributed by atoms with van der Waals surface area (Å²) in [5.74, 6) is 0.268. The molecule has 0 saturated carbocycles. The van der Waals surface area contributed by atoms with Crippen molar-refractivity contribution in [1.29, 1.82) is 0 Å². The van der Waals surface area contributed by atoms with Crippen molar-refractivity contribution in [1.82, 2.24) is 9.88 Å². The van der Waals surface area contributed by atoms with Gasteiger partial charge >= 0.3 is 0 Å². The van der Waals surface area contributed by atoms with Crippen molar-refractivity contribution in [2.75, 3.05) is 18.5 Å². The van der Waals surface area contributed by atoms with E-state index in [4.69, 9.17) is 4.74 Å². The Hall–Kier alpha value is -2.93. The summed E-state index contributed by atoms with van der Waals surface area (Å²) >= 11 is 0. The van der Waals surface area contributed by atoms with Gasteiger partial charge in [0.05, 0.1) is 18.2 Å². The molecule has 28 heavy (non-hydrogen) atoms. The number of benzene rings is 1. The molecule has 1 aromatic heterocycles. The number of nitrogens with one attached hydrogen (secondary N) is 1. The molecule has 2 heterocycles. The molecule has 7 nitrogen and oxygen atoms in total. The van der Waals surface area contributed by atoms with E-state index in [1.165, 1.54) is 0 Å². The van der Waals surface area contributed by atoms with E-state index in [0.29, 0.717) is 30.9 Å². The van der Waals surface area contributed by atoms with Crippen LogP contribution >= 0.6 is 0 Å². The van der Waals surface area contributed by atoms with Crippen LogP contribution in [-0.2, 0) is 22.6 Å². The lowest BCUT2D eigenvalue weighted by atomic mass is 9.98. The molecule has 0 saturated heterocycles. The maximum absolute atomic E-state index is 12.4. The van der Waals surface area contributed by atoms with Crippen LogP contribution in [0.1, 0.15) is 31.4 Å². The van der Waals surface area contributed by atoms with Gasteiger partial charge in [0.2, 0.25) is 5.91 Å². The lowest BCUT2D eigenvalue weighted by Crippen LogP contribution is -2.38. The largest absolute Gasteiger partial charge is 0.482 e. The summed E-state index contributed by atoms with van der Waals surface area (Å²) < 4.78 is 5.49. The van der Waals surface area contributed by atoms with Crippen LogP contribution < -0.4 is 10.1 Å². The van der Waals surface area contributed by atoms with Gasteiger partial charge in [-0.1, -0.05) is 6.07 Å². The smallest absolute Gasteiger partial charge is 0.260 e. The number of pyridine rings is 1. The number of ether oxygens (including phenoxy) is 1. The zero-order valence-corrected chi connectivity index (χ0v) is 16.1. The first-order chi connectivity index (χ1) is 13.3. The van der Waals surface area contributed by atoms with Crippen LogP contribution in [0, 0.1) is 0 Å². The summed E-state index contributed by atoms with van der Waals surface area (Å²) in [5.41, 5.74) is 1.82. The minimum Gasteiger partial charge on any atom is -0.482 e. The number of aliphatic hydroxyl groups is 1. The number of aromatic nitrogens is 1. The van der Waals surface area contributed by atoms with Gasteiger partial charge in [0.1, 0.15) is 5.75 Å². The zero-order chi connectivity index (χ0) is 20.1. The Morgan fingerprint density at radius 2 is 2.11 bits per heavy atom. The van der Waals surface area contributed by atoms with Gasteiger partial charge in [0.15, 0.2) is 6.61 Å². The molecule has 0 atom stereocenters. The first-order valence-electron chi connectivity index (χ1n) is 9.25. The van der Waals surface area contributed by atoms with E-state index in [1.807, 2.05) is 18.2 Å². The molecule has 0 spiro atoms. The van der Waals surface area contributed by atoms with Gasteiger partial charge in [0.25, 0.3) is 5.91 Å². The minimum atomic E-state index is -1.04. The molecule has 1 aromatic carbocycles. The van der Waals surface area contributed by atoms with Crippen molar-refractivity contribution in [3.05, 3.63) is 53.9 Å². The molecule has 0 bridgehead atoms. The number of nitrogens with zero attached hydrogens (tertiary/aromatic N) is 2. The average molecular weight is 383 g/mol. The van der Waals surface area contributed by atoms with Crippen LogP contribution in [0.25, 0.3) is 0 Å². The highest BCUT2D eigenvalue weighted by molar-refractivity contribution is 5.91. The lowest BCUT2D eigenvalue weighted by Gasteiger charge is -2.29. The Morgan fingerprint density at radius 1 is 1.29 bits per heavy atom. The predicted octanol–water partition coefficient (Wildman–Crippen LogP) is 2.14. The van der Waals surface area contributed by atoms with Crippen LogP contribution in [0.15, 0.2) is 42.7 Å². The summed E-state index contributed by atoms with van der Waals surface area (Å²) in [6.45, 7) is 4.30. The second-order valence-electron chi connectivity index (χ2n) is 7.56. The van der Waals surface area contributed by atoms with E-state index in [2.05, 4.69) is 10.3 Å². The Balaban J connectivity index is 1.56. The quantitative estimate of drug-likeness (QED) is 0.797. The molecule has 2 amide bonds. The fourth-order valence-corrected chi connectivity index (χ4v) is 3.11. The molecule has 3 rings (SSSR count). The van der Waals surface area contributed by atoms with Gasteiger partial charge in [0, 0.05) is 25.0 Å². The SMILES string of the molecule is CC(C)(O)CC(=O)Nc1ccc2c(c1)CCN(C(=O)COc1cccnc1)C2. The average Bonchev–Trinajstić information content (AvgIpc) is 2.65. The summed E-state index contributed by atoms with van der Waals surface area (Å²) in [6, 6.07) is 9.21. The van der Waals surface area contributed by atoms with Crippen LogP contribution in [0.4, 0.5) is 5.69 Å². The molecule has 1 aliphatic rings. The summed E-state index contributed by atoms with van der Waals surface area (Å²) in [4.78, 5) is 30.1. The van der Waals surface area contributed by atoms with E-state index in [1.54, 1.807) is 43.3 Å². The highest BCUT2D eigenvalue weighted by Crippen LogP contribution is 2.23. The fraction of sp³-hybridized carbons (Fsp3) is 0.381. The molecular formula is C21H25N3O4. The second kappa shape index (κ2) is 8.39. The van der Waals surface area contributed by atoms with Gasteiger partial charge in [-0.15, -0.1) is 0 Å². The Bertz CT molecular complexity index is 846. The number of carbonyl (C=O) groups is 2. The van der Waals surface area contributed by atoms with Crippen LogP contribution in [0.2, 0.25) is 0 Å². The number of amides is 2. The molecule has 1 aliphatic heterocycles. The van der Waals surface area contributed by atoms with Gasteiger partial charge in [-0.3, -0.25) is 14.6 Å². The van der Waals surface area contributed by atoms with Crippen molar-refractivity contribution in [2.45, 2.75) is 38.8 Å². The molecule has 148 valence electrons. The standard InChI is InChI=1S/C21H25N3O4/c1-21(2,27)11-19(25)23-17-6-5-16-13-24(9-7-15(16)10-17)20(26)14-28-18-4-3-8-22-12-18/h3-6,8,10,12,27H,7,9,11,13-14H2,1-2H3,(H,23,25). The third-order valence-corrected chi connectivity index (χ3v) is 4.44. The first kappa shape index (κ1) is 19.8. The third-order valence-electron chi connectivity index (χ3n) is 4.44. The lowest BCUT2D eigenvalue weighted by molar-refractivity contribution is -0.134. The maximum Gasteiger partial charge on any atom is 0.260 e. The molecule has 7 heteroatoms. The summed E-state index contributed by atoms with van der Waals surface area (Å²) in [6.07, 6.45) is 3.97. The topological polar surface area (TPSA) is 91.8 Å². The van der Waals surface area contributed by atoms with Crippen LogP contribution in [0.3, 0.4) is 0 Å². The van der Waals surface area contributed by atoms with Crippen molar-refractivity contribution >= 4 is 17.5 Å². The summed E-state index contributed by atoms with van der Waals surface area (Å²) in [7, 11) is 0. The molecule has 0 aliphatic carbocycles. The molecule has 2 aromatic rings. The van der Waals surface area contributed by atoms with Crippen molar-refractivity contribution < 1.29 is 19.4 Å². The summed E-state index contributed by atoms with van der Waals surface area (Å²) in [5, 5.41) is 12.6. The highest BCUT2D eigenvalue weighted by atomic mass is 16.5. The maximum atomic E-state index is 12.4. The Morgan fingerprint density at radius 3 is 2.82 bits per heavy atom. The highest BCUT2D eigenvalue weighted by Gasteiger charge is 2.22. The third kappa shape index (κ3) is 5.53. The second-order valence-corrected chi connectivity index (χ2v) is 7.56. The number of hydrogen-bond acceptors (Lipinski definition) is 5. The van der Waals surface area contributed by atoms with E-state index < -0.39 is 5.60 Å². The predicted molar refractivity (Wildman–Crippen MR) is 105 cm³/mol. The van der Waals surface area contributed by atoms with Gasteiger partial charge in [-0.2, -0.15) is 0 Å². The van der Waals surface area contributed by atoms with Crippen molar-refractivity contribution in [2.24, 2.45) is 0 Å². The van der Waals surface area contributed by atoms with Crippen LogP contribution in [-0.4, -0.2) is 45.6 Å². The van der Waals surface area contributed by atoms with Gasteiger partial charge in [-0.05, 0) is 55.7 Å². The van der Waals surface area contributed by atoms with E-state index in [-0.39, 0.29) is 24.8 Å². The molecule has 0 fully saturated rings. The Kier molecular flexibility index (Phi) is 5.94. The number of carbonyl (C=O) groups excluding carboxylic acids is 2. The first-order valence-corrected chi connectivity index (χ1v) is 9.25. The molecule has 0 unspecified atom stereocenters. The van der Waals surface area contributed by atoms with Gasteiger partial charge in [-0.25, -0.2) is 0 Å². The fourth-order valence-electron chi connectivity index (χ4n) is 3.11. The molecular weight excluding hydrogens is 358 g/mol. The minimum absolute atomic E-state index is 0.0217. The van der Waals surface area contributed by atoms with Crippen molar-refractivity contribution in [3.8, 4) is 5.75 Å². The van der Waals surface area contributed by atoms with Gasteiger partial charge < -0.3 is 20.1 Å². The molecule has 2 N–H and O–H groups in total. The van der Waals surface area contributed by atoms with E-state index in [9.17, 15) is 14.7 Å². The number of hydrogen-bond donors (Lipinski definition) is 2. The normalized spacial score (nSPS) is 13.6.